The fourth-order valence-corrected chi connectivity index (χ4v) is 3.69. The van der Waals surface area contributed by atoms with E-state index in [9.17, 15) is 4.79 Å². The molecule has 160 valence electrons. The monoisotopic (exact) mass is 417 g/mol. The molecule has 1 N–H and O–H groups in total. The highest BCUT2D eigenvalue weighted by molar-refractivity contribution is 6.06. The zero-order valence-electron chi connectivity index (χ0n) is 17.7. The van der Waals surface area contributed by atoms with Gasteiger partial charge in [-0.2, -0.15) is 0 Å². The van der Waals surface area contributed by atoms with Crippen molar-refractivity contribution in [1.82, 2.24) is 4.98 Å². The Morgan fingerprint density at radius 3 is 2.65 bits per heavy atom. The van der Waals surface area contributed by atoms with E-state index in [1.807, 2.05) is 37.3 Å². The van der Waals surface area contributed by atoms with Crippen molar-refractivity contribution in [3.05, 3.63) is 78.1 Å². The minimum absolute atomic E-state index is 0.175. The van der Waals surface area contributed by atoms with Crippen molar-refractivity contribution in [3.63, 3.8) is 0 Å². The Balaban J connectivity index is 1.50. The van der Waals surface area contributed by atoms with Crippen molar-refractivity contribution in [2.45, 2.75) is 26.4 Å². The summed E-state index contributed by atoms with van der Waals surface area (Å²) in [5.41, 5.74) is 3.37. The first-order chi connectivity index (χ1) is 15.2. The Morgan fingerprint density at radius 2 is 1.87 bits per heavy atom. The highest BCUT2D eigenvalue weighted by Crippen LogP contribution is 2.31. The largest absolute Gasteiger partial charge is 0.490 e. The van der Waals surface area contributed by atoms with Crippen molar-refractivity contribution in [2.75, 3.05) is 29.9 Å². The highest BCUT2D eigenvalue weighted by atomic mass is 16.5. The number of hydrogen-bond acceptors (Lipinski definition) is 5. The Labute approximate surface area is 182 Å². The molecule has 0 spiro atoms. The Hall–Kier alpha value is -3.54. The van der Waals surface area contributed by atoms with Gasteiger partial charge in [-0.15, -0.1) is 0 Å². The minimum atomic E-state index is -0.175. The molecule has 0 bridgehead atoms. The predicted octanol–water partition coefficient (Wildman–Crippen LogP) is 4.91. The van der Waals surface area contributed by atoms with Gasteiger partial charge < -0.3 is 19.7 Å². The molecule has 0 aliphatic carbocycles. The number of pyridine rings is 1. The molecule has 0 unspecified atom stereocenters. The van der Waals surface area contributed by atoms with Gasteiger partial charge in [-0.1, -0.05) is 18.2 Å². The van der Waals surface area contributed by atoms with Crippen LogP contribution < -0.4 is 19.7 Å². The number of anilines is 2. The van der Waals surface area contributed by atoms with Crippen LogP contribution >= 0.6 is 0 Å². The number of para-hydroxylation sites is 2. The van der Waals surface area contributed by atoms with Gasteiger partial charge in [0.05, 0.1) is 18.0 Å². The molecule has 1 aromatic heterocycles. The normalized spacial score (nSPS) is 13.1. The van der Waals surface area contributed by atoms with Crippen LogP contribution in [0.1, 0.15) is 35.7 Å². The quantitative estimate of drug-likeness (QED) is 0.564. The molecular formula is C25H27N3O3. The predicted molar refractivity (Wildman–Crippen MR) is 122 cm³/mol. The maximum atomic E-state index is 13.0. The van der Waals surface area contributed by atoms with Gasteiger partial charge in [0.25, 0.3) is 5.91 Å². The number of carbonyl (C=O) groups is 1. The number of nitrogens with one attached hydrogen (secondary N) is 1. The fraction of sp³-hybridized carbons (Fsp3) is 0.280. The van der Waals surface area contributed by atoms with Crippen molar-refractivity contribution in [1.29, 1.82) is 0 Å². The van der Waals surface area contributed by atoms with Crippen LogP contribution in [0.5, 0.6) is 11.5 Å². The maximum Gasteiger partial charge on any atom is 0.255 e. The van der Waals surface area contributed by atoms with Crippen LogP contribution in [0, 0.1) is 0 Å². The number of rotatable bonds is 8. The van der Waals surface area contributed by atoms with Gasteiger partial charge >= 0.3 is 0 Å². The molecule has 0 radical (unpaired) electrons. The van der Waals surface area contributed by atoms with E-state index < -0.39 is 0 Å². The summed E-state index contributed by atoms with van der Waals surface area (Å²) >= 11 is 0. The molecule has 2 heterocycles. The minimum Gasteiger partial charge on any atom is -0.490 e. The van der Waals surface area contributed by atoms with Crippen molar-refractivity contribution >= 4 is 17.3 Å². The summed E-state index contributed by atoms with van der Waals surface area (Å²) in [6.07, 6.45) is 5.85. The smallest absolute Gasteiger partial charge is 0.255 e. The van der Waals surface area contributed by atoms with E-state index in [4.69, 9.17) is 9.47 Å². The molecule has 2 aromatic carbocycles. The van der Waals surface area contributed by atoms with E-state index >= 15 is 0 Å². The van der Waals surface area contributed by atoms with Crippen LogP contribution in [-0.2, 0) is 6.61 Å². The lowest BCUT2D eigenvalue weighted by Crippen LogP contribution is -2.21. The summed E-state index contributed by atoms with van der Waals surface area (Å²) < 4.78 is 11.7. The second kappa shape index (κ2) is 9.98. The second-order valence-electron chi connectivity index (χ2n) is 7.41. The summed E-state index contributed by atoms with van der Waals surface area (Å²) in [5.74, 6) is 0.970. The standard InChI is InChI=1S/C25H27N3O3/c1-2-30-24-16-20(11-12-23(24)31-18-19-8-7-13-26-17-19)25(29)27-21-9-3-4-10-22(21)28-14-5-6-15-28/h3-4,7-13,16-17H,2,5-6,14-15,18H2,1H3,(H,27,29). The van der Waals surface area contributed by atoms with Crippen molar-refractivity contribution in [3.8, 4) is 11.5 Å². The lowest BCUT2D eigenvalue weighted by atomic mass is 10.1. The number of hydrogen-bond donors (Lipinski definition) is 1. The van der Waals surface area contributed by atoms with Crippen LogP contribution in [0.25, 0.3) is 0 Å². The third-order valence-corrected chi connectivity index (χ3v) is 5.22. The van der Waals surface area contributed by atoms with Gasteiger partial charge in [-0.3, -0.25) is 9.78 Å². The summed E-state index contributed by atoms with van der Waals surface area (Å²) in [4.78, 5) is 19.4. The van der Waals surface area contributed by atoms with Crippen LogP contribution in [-0.4, -0.2) is 30.6 Å². The van der Waals surface area contributed by atoms with Gasteiger partial charge in [-0.25, -0.2) is 0 Å². The molecule has 1 saturated heterocycles. The second-order valence-corrected chi connectivity index (χ2v) is 7.41. The molecule has 1 fully saturated rings. The molecule has 3 aromatic rings. The first kappa shape index (κ1) is 20.7. The summed E-state index contributed by atoms with van der Waals surface area (Å²) in [6.45, 7) is 4.80. The van der Waals surface area contributed by atoms with E-state index in [1.54, 1.807) is 30.6 Å². The third kappa shape index (κ3) is 5.15. The van der Waals surface area contributed by atoms with Gasteiger partial charge in [0.1, 0.15) is 6.61 Å². The maximum absolute atomic E-state index is 13.0. The molecule has 6 heteroatoms. The molecule has 6 nitrogen and oxygen atoms in total. The lowest BCUT2D eigenvalue weighted by Gasteiger charge is -2.21. The van der Waals surface area contributed by atoms with E-state index in [-0.39, 0.29) is 5.91 Å². The Kier molecular flexibility index (Phi) is 6.67. The first-order valence-electron chi connectivity index (χ1n) is 10.7. The zero-order valence-corrected chi connectivity index (χ0v) is 17.7. The third-order valence-electron chi connectivity index (χ3n) is 5.22. The number of amides is 1. The number of ether oxygens (including phenoxy) is 2. The van der Waals surface area contributed by atoms with Gasteiger partial charge in [0.2, 0.25) is 0 Å². The molecule has 1 aliphatic heterocycles. The first-order valence-corrected chi connectivity index (χ1v) is 10.7. The van der Waals surface area contributed by atoms with Crippen LogP contribution in [0.3, 0.4) is 0 Å². The van der Waals surface area contributed by atoms with Gasteiger partial charge in [0.15, 0.2) is 11.5 Å². The zero-order chi connectivity index (χ0) is 21.5. The number of benzene rings is 2. The van der Waals surface area contributed by atoms with Crippen LogP contribution in [0.2, 0.25) is 0 Å². The molecule has 0 saturated carbocycles. The van der Waals surface area contributed by atoms with Crippen LogP contribution in [0.4, 0.5) is 11.4 Å². The average Bonchev–Trinajstić information content (AvgIpc) is 3.34. The molecule has 0 atom stereocenters. The SMILES string of the molecule is CCOc1cc(C(=O)Nc2ccccc2N2CCCC2)ccc1OCc1cccnc1. The highest BCUT2D eigenvalue weighted by Gasteiger charge is 2.18. The lowest BCUT2D eigenvalue weighted by molar-refractivity contribution is 0.102. The fourth-order valence-electron chi connectivity index (χ4n) is 3.69. The van der Waals surface area contributed by atoms with Gasteiger partial charge in [-0.05, 0) is 56.2 Å². The van der Waals surface area contributed by atoms with Crippen LogP contribution in [0.15, 0.2) is 67.0 Å². The van der Waals surface area contributed by atoms with E-state index in [2.05, 4.69) is 21.3 Å². The Morgan fingerprint density at radius 1 is 1.03 bits per heavy atom. The number of carbonyl (C=O) groups excluding carboxylic acids is 1. The molecular weight excluding hydrogens is 390 g/mol. The topological polar surface area (TPSA) is 63.7 Å². The molecule has 31 heavy (non-hydrogen) atoms. The average molecular weight is 418 g/mol. The van der Waals surface area contributed by atoms with Gasteiger partial charge in [0, 0.05) is 36.6 Å². The van der Waals surface area contributed by atoms with E-state index in [0.29, 0.717) is 30.3 Å². The number of nitrogens with zero attached hydrogens (tertiary/aromatic N) is 2. The van der Waals surface area contributed by atoms with Crippen molar-refractivity contribution < 1.29 is 14.3 Å². The van der Waals surface area contributed by atoms with Crippen molar-refractivity contribution in [2.24, 2.45) is 0 Å². The number of aromatic nitrogens is 1. The summed E-state index contributed by atoms with van der Waals surface area (Å²) in [7, 11) is 0. The van der Waals surface area contributed by atoms with E-state index in [0.717, 1.165) is 30.0 Å². The molecule has 4 rings (SSSR count). The molecule has 1 aliphatic rings. The summed E-state index contributed by atoms with van der Waals surface area (Å²) in [5, 5.41) is 3.07. The Bertz CT molecular complexity index is 1020. The molecule has 1 amide bonds. The van der Waals surface area contributed by atoms with E-state index in [1.165, 1.54) is 12.8 Å². The summed E-state index contributed by atoms with van der Waals surface area (Å²) in [6, 6.07) is 17.0.